The summed E-state index contributed by atoms with van der Waals surface area (Å²) in [5, 5.41) is 3.42. The van der Waals surface area contributed by atoms with Crippen LogP contribution in [0.2, 0.25) is 0 Å². The number of halogens is 2. The molecular formula is C15H20F2N2O3. The summed E-state index contributed by atoms with van der Waals surface area (Å²) in [5.41, 5.74) is 0.681. The average molecular weight is 314 g/mol. The van der Waals surface area contributed by atoms with E-state index in [1.807, 2.05) is 0 Å². The molecule has 2 aliphatic rings. The molecule has 0 amide bonds. The Morgan fingerprint density at radius 3 is 2.73 bits per heavy atom. The van der Waals surface area contributed by atoms with Crippen molar-refractivity contribution in [3.8, 4) is 17.2 Å². The topological polar surface area (TPSA) is 43.0 Å². The van der Waals surface area contributed by atoms with Gasteiger partial charge in [0, 0.05) is 43.3 Å². The van der Waals surface area contributed by atoms with Gasteiger partial charge in [0.1, 0.15) is 5.75 Å². The lowest BCUT2D eigenvalue weighted by Crippen LogP contribution is -2.56. The molecule has 0 radical (unpaired) electrons. The number of alkyl halides is 2. The van der Waals surface area contributed by atoms with Gasteiger partial charge in [0.05, 0.1) is 0 Å². The maximum absolute atomic E-state index is 12.6. The van der Waals surface area contributed by atoms with Crippen LogP contribution in [0, 0.1) is 0 Å². The van der Waals surface area contributed by atoms with E-state index in [1.165, 1.54) is 6.07 Å². The second kappa shape index (κ2) is 5.89. The summed E-state index contributed by atoms with van der Waals surface area (Å²) in [6.45, 7) is 4.56. The Labute approximate surface area is 128 Å². The smallest absolute Gasteiger partial charge is 0.387 e. The van der Waals surface area contributed by atoms with Crippen LogP contribution in [0.1, 0.15) is 19.4 Å². The summed E-state index contributed by atoms with van der Waals surface area (Å²) < 4.78 is 40.5. The Morgan fingerprint density at radius 1 is 1.32 bits per heavy atom. The molecule has 0 atom stereocenters. The van der Waals surface area contributed by atoms with Crippen LogP contribution in [0.4, 0.5) is 8.78 Å². The first-order valence-corrected chi connectivity index (χ1v) is 7.28. The normalized spacial score (nSPS) is 20.4. The van der Waals surface area contributed by atoms with Gasteiger partial charge in [0.25, 0.3) is 0 Å². The predicted molar refractivity (Wildman–Crippen MR) is 76.6 cm³/mol. The minimum absolute atomic E-state index is 0.00166. The van der Waals surface area contributed by atoms with Gasteiger partial charge in [0.15, 0.2) is 11.5 Å². The average Bonchev–Trinajstić information content (AvgIpc) is 2.84. The molecule has 1 aromatic rings. The highest BCUT2D eigenvalue weighted by atomic mass is 19.3. The van der Waals surface area contributed by atoms with Crippen LogP contribution in [-0.2, 0) is 6.54 Å². The Bertz CT molecular complexity index is 552. The minimum Gasteiger partial charge on any atom is -0.454 e. The molecular weight excluding hydrogens is 294 g/mol. The van der Waals surface area contributed by atoms with Gasteiger partial charge in [-0.2, -0.15) is 8.78 Å². The largest absolute Gasteiger partial charge is 0.454 e. The second-order valence-corrected chi connectivity index (χ2v) is 6.21. The minimum atomic E-state index is -2.86. The molecule has 2 aliphatic heterocycles. The molecule has 0 spiro atoms. The summed E-state index contributed by atoms with van der Waals surface area (Å²) >= 11 is 0. The van der Waals surface area contributed by atoms with Crippen molar-refractivity contribution in [3.05, 3.63) is 17.7 Å². The number of fused-ring (bicyclic) bond motifs is 1. The molecule has 0 aliphatic carbocycles. The molecule has 3 rings (SSSR count). The number of hydrogen-bond acceptors (Lipinski definition) is 5. The van der Waals surface area contributed by atoms with Gasteiger partial charge in [-0.25, -0.2) is 0 Å². The predicted octanol–water partition coefficient (Wildman–Crippen LogP) is 2.20. The maximum atomic E-state index is 12.6. The van der Waals surface area contributed by atoms with Crippen molar-refractivity contribution < 1.29 is 23.0 Å². The molecule has 0 aromatic heterocycles. The van der Waals surface area contributed by atoms with E-state index < -0.39 is 6.61 Å². The molecule has 0 bridgehead atoms. The zero-order valence-electron chi connectivity index (χ0n) is 12.7. The number of nitrogens with zero attached hydrogens (tertiary/aromatic N) is 1. The van der Waals surface area contributed by atoms with E-state index in [0.29, 0.717) is 23.6 Å². The fourth-order valence-corrected chi connectivity index (χ4v) is 2.92. The van der Waals surface area contributed by atoms with E-state index >= 15 is 0 Å². The molecule has 122 valence electrons. The van der Waals surface area contributed by atoms with Gasteiger partial charge in [-0.05, 0) is 19.9 Å². The van der Waals surface area contributed by atoms with Crippen LogP contribution in [0.25, 0.3) is 0 Å². The molecule has 1 fully saturated rings. The Morgan fingerprint density at radius 2 is 2.05 bits per heavy atom. The van der Waals surface area contributed by atoms with Crippen molar-refractivity contribution in [1.82, 2.24) is 10.2 Å². The third kappa shape index (κ3) is 3.41. The van der Waals surface area contributed by atoms with Gasteiger partial charge in [-0.15, -0.1) is 0 Å². The molecule has 1 N–H and O–H groups in total. The van der Waals surface area contributed by atoms with Crippen LogP contribution < -0.4 is 19.5 Å². The summed E-state index contributed by atoms with van der Waals surface area (Å²) in [6, 6.07) is 3.21. The molecule has 0 saturated carbocycles. The number of hydrogen-bond donors (Lipinski definition) is 1. The van der Waals surface area contributed by atoms with E-state index in [1.54, 1.807) is 6.07 Å². The van der Waals surface area contributed by atoms with E-state index in [9.17, 15) is 8.78 Å². The SMILES string of the molecule is CC1(C)CN(Cc2cc3c(cc2OC(F)F)OCO3)CCN1. The Balaban J connectivity index is 1.82. The van der Waals surface area contributed by atoms with Crippen molar-refractivity contribution in [2.75, 3.05) is 26.4 Å². The Hall–Kier alpha value is -1.60. The van der Waals surface area contributed by atoms with E-state index in [-0.39, 0.29) is 18.1 Å². The highest BCUT2D eigenvalue weighted by Gasteiger charge is 2.27. The number of nitrogens with one attached hydrogen (secondary N) is 1. The van der Waals surface area contributed by atoms with Crippen LogP contribution in [0.5, 0.6) is 17.2 Å². The van der Waals surface area contributed by atoms with Crippen molar-refractivity contribution in [2.45, 2.75) is 32.5 Å². The van der Waals surface area contributed by atoms with Gasteiger partial charge in [-0.1, -0.05) is 0 Å². The summed E-state index contributed by atoms with van der Waals surface area (Å²) in [5.74, 6) is 1.17. The monoisotopic (exact) mass is 314 g/mol. The lowest BCUT2D eigenvalue weighted by Gasteiger charge is -2.39. The van der Waals surface area contributed by atoms with Crippen LogP contribution in [-0.4, -0.2) is 43.5 Å². The number of benzene rings is 1. The lowest BCUT2D eigenvalue weighted by molar-refractivity contribution is -0.0509. The molecule has 7 heteroatoms. The molecule has 22 heavy (non-hydrogen) atoms. The maximum Gasteiger partial charge on any atom is 0.387 e. The van der Waals surface area contributed by atoms with Crippen molar-refractivity contribution in [2.24, 2.45) is 0 Å². The first-order valence-electron chi connectivity index (χ1n) is 7.28. The molecule has 5 nitrogen and oxygen atoms in total. The summed E-state index contributed by atoms with van der Waals surface area (Å²) in [4.78, 5) is 2.21. The standard InChI is InChI=1S/C15H20F2N2O3/c1-15(2)8-19(4-3-18-15)7-10-5-12-13(21-9-20-12)6-11(10)22-14(16)17/h5-6,14,18H,3-4,7-9H2,1-2H3. The number of piperazine rings is 1. The van der Waals surface area contributed by atoms with Gasteiger partial charge in [0.2, 0.25) is 6.79 Å². The number of ether oxygens (including phenoxy) is 3. The molecule has 1 saturated heterocycles. The zero-order chi connectivity index (χ0) is 15.7. The fraction of sp³-hybridized carbons (Fsp3) is 0.600. The third-order valence-corrected chi connectivity index (χ3v) is 3.82. The third-order valence-electron chi connectivity index (χ3n) is 3.82. The fourth-order valence-electron chi connectivity index (χ4n) is 2.92. The Kier molecular flexibility index (Phi) is 4.10. The van der Waals surface area contributed by atoms with Crippen LogP contribution in [0.3, 0.4) is 0 Å². The summed E-state index contributed by atoms with van der Waals surface area (Å²) in [7, 11) is 0. The highest BCUT2D eigenvalue weighted by molar-refractivity contribution is 5.51. The zero-order valence-corrected chi connectivity index (χ0v) is 12.7. The quantitative estimate of drug-likeness (QED) is 0.923. The lowest BCUT2D eigenvalue weighted by atomic mass is 10.0. The highest BCUT2D eigenvalue weighted by Crippen LogP contribution is 2.39. The van der Waals surface area contributed by atoms with Gasteiger partial charge in [-0.3, -0.25) is 4.90 Å². The van der Waals surface area contributed by atoms with E-state index in [4.69, 9.17) is 9.47 Å². The number of rotatable bonds is 4. The molecule has 2 heterocycles. The second-order valence-electron chi connectivity index (χ2n) is 6.21. The first-order chi connectivity index (χ1) is 10.4. The summed E-state index contributed by atoms with van der Waals surface area (Å²) in [6.07, 6.45) is 0. The van der Waals surface area contributed by atoms with Crippen LogP contribution >= 0.6 is 0 Å². The first kappa shape index (κ1) is 15.3. The van der Waals surface area contributed by atoms with Crippen molar-refractivity contribution >= 4 is 0 Å². The van der Waals surface area contributed by atoms with E-state index in [2.05, 4.69) is 28.8 Å². The van der Waals surface area contributed by atoms with Gasteiger partial charge < -0.3 is 19.5 Å². The van der Waals surface area contributed by atoms with Gasteiger partial charge >= 0.3 is 6.61 Å². The molecule has 1 aromatic carbocycles. The van der Waals surface area contributed by atoms with Crippen molar-refractivity contribution in [3.63, 3.8) is 0 Å². The van der Waals surface area contributed by atoms with Crippen molar-refractivity contribution in [1.29, 1.82) is 0 Å². The van der Waals surface area contributed by atoms with E-state index in [0.717, 1.165) is 19.6 Å². The van der Waals surface area contributed by atoms with Crippen LogP contribution in [0.15, 0.2) is 12.1 Å². The molecule has 0 unspecified atom stereocenters.